The highest BCUT2D eigenvalue weighted by Crippen LogP contribution is 2.41. The number of halogens is 1. The zero-order chi connectivity index (χ0) is 20.8. The van der Waals surface area contributed by atoms with Gasteiger partial charge in [-0.3, -0.25) is 4.68 Å². The van der Waals surface area contributed by atoms with Gasteiger partial charge in [0, 0.05) is 25.4 Å². The van der Waals surface area contributed by atoms with Crippen molar-refractivity contribution in [1.82, 2.24) is 28.7 Å². The predicted octanol–water partition coefficient (Wildman–Crippen LogP) is 4.28. The third-order valence-corrected chi connectivity index (χ3v) is 8.17. The molecule has 0 saturated carbocycles. The first-order valence-electron chi connectivity index (χ1n) is 9.63. The number of morpholine rings is 1. The fourth-order valence-electron chi connectivity index (χ4n) is 3.95. The molecule has 2 atom stereocenters. The number of nitrogens with zero attached hydrogens (tertiary/aromatic N) is 7. The van der Waals surface area contributed by atoms with Crippen molar-refractivity contribution >= 4 is 56.0 Å². The zero-order valence-corrected chi connectivity index (χ0v) is 20.8. The summed E-state index contributed by atoms with van der Waals surface area (Å²) < 4.78 is 15.5. The monoisotopic (exact) mass is 553 g/mol. The lowest BCUT2D eigenvalue weighted by atomic mass is 10.1. The maximum Gasteiger partial charge on any atom is 0.130 e. The minimum absolute atomic E-state index is 0.264. The molecule has 0 spiro atoms. The second-order valence-electron chi connectivity index (χ2n) is 7.37. The number of hydrogen-bond donors (Lipinski definition) is 0. The van der Waals surface area contributed by atoms with E-state index in [1.54, 1.807) is 0 Å². The number of pyridine rings is 1. The largest absolute Gasteiger partial charge is 0.377 e. The molecule has 5 heterocycles. The van der Waals surface area contributed by atoms with E-state index in [2.05, 4.69) is 57.1 Å². The Bertz CT molecular complexity index is 1200. The van der Waals surface area contributed by atoms with Crippen LogP contribution in [0.3, 0.4) is 0 Å². The summed E-state index contributed by atoms with van der Waals surface area (Å²) in [6.07, 6.45) is 4.24. The molecule has 5 rings (SSSR count). The fourth-order valence-corrected chi connectivity index (χ4v) is 6.33. The topological polar surface area (TPSA) is 73.9 Å². The highest BCUT2D eigenvalue weighted by atomic mass is 127. The van der Waals surface area contributed by atoms with Crippen LogP contribution >= 0.6 is 39.9 Å². The normalized spacial score (nSPS) is 17.6. The SMILES string of the molecule is Cc1cnn(C)c1-c1cc(N2CCOC[C@H]2C)nc2c(-c3ccnn3PI)nsc12. The standard InChI is InChI=1S/C19H21IN7OPS/c1-11-9-22-25(3)18(11)13-8-15(26-6-7-28-10-12(26)2)23-17-16(24-30-19(13)17)14-4-5-21-27(14)29-20/h4-5,8-9,12,29H,6-7,10H2,1-3H3/t12-/m1/s1. The van der Waals surface area contributed by atoms with Crippen molar-refractivity contribution in [3.05, 3.63) is 30.1 Å². The lowest BCUT2D eigenvalue weighted by molar-refractivity contribution is 0.0986. The number of anilines is 1. The first-order valence-corrected chi connectivity index (χ1v) is 14.5. The van der Waals surface area contributed by atoms with Crippen LogP contribution in [0, 0.1) is 6.92 Å². The van der Waals surface area contributed by atoms with Crippen molar-refractivity contribution < 1.29 is 4.74 Å². The molecular formula is C19H21IN7OPS. The van der Waals surface area contributed by atoms with Crippen LogP contribution in [0.25, 0.3) is 32.9 Å². The van der Waals surface area contributed by atoms with Crippen LogP contribution in [0.4, 0.5) is 5.82 Å². The Balaban J connectivity index is 1.78. The van der Waals surface area contributed by atoms with Gasteiger partial charge in [-0.15, -0.1) is 0 Å². The summed E-state index contributed by atoms with van der Waals surface area (Å²) in [5.74, 6) is 0.957. The molecule has 30 heavy (non-hydrogen) atoms. The molecule has 4 aromatic heterocycles. The average Bonchev–Trinajstić information content (AvgIpc) is 3.46. The van der Waals surface area contributed by atoms with E-state index in [-0.39, 0.29) is 6.04 Å². The Morgan fingerprint density at radius 1 is 1.33 bits per heavy atom. The molecular weight excluding hydrogens is 532 g/mol. The van der Waals surface area contributed by atoms with E-state index in [4.69, 9.17) is 14.1 Å². The fraction of sp³-hybridized carbons (Fsp3) is 0.368. The van der Waals surface area contributed by atoms with E-state index in [0.717, 1.165) is 50.8 Å². The zero-order valence-electron chi connectivity index (χ0n) is 16.8. The smallest absolute Gasteiger partial charge is 0.130 e. The predicted molar refractivity (Wildman–Crippen MR) is 131 cm³/mol. The maximum atomic E-state index is 5.65. The molecule has 8 nitrogen and oxygen atoms in total. The molecule has 0 radical (unpaired) electrons. The summed E-state index contributed by atoms with van der Waals surface area (Å²) in [5.41, 5.74) is 6.17. The highest BCUT2D eigenvalue weighted by molar-refractivity contribution is 14.2. The van der Waals surface area contributed by atoms with E-state index in [1.165, 1.54) is 11.5 Å². The summed E-state index contributed by atoms with van der Waals surface area (Å²) in [6.45, 7) is 6.52. The molecule has 11 heteroatoms. The van der Waals surface area contributed by atoms with Gasteiger partial charge in [0.25, 0.3) is 0 Å². The molecule has 0 aliphatic carbocycles. The van der Waals surface area contributed by atoms with E-state index in [0.29, 0.717) is 19.6 Å². The van der Waals surface area contributed by atoms with Crippen LogP contribution in [0.15, 0.2) is 24.5 Å². The van der Waals surface area contributed by atoms with Gasteiger partial charge in [0.1, 0.15) is 17.0 Å². The van der Waals surface area contributed by atoms with Crippen LogP contribution < -0.4 is 4.90 Å². The number of rotatable bonds is 4. The van der Waals surface area contributed by atoms with Gasteiger partial charge in [0.2, 0.25) is 0 Å². The van der Waals surface area contributed by atoms with E-state index in [1.807, 2.05) is 34.6 Å². The lowest BCUT2D eigenvalue weighted by Crippen LogP contribution is -2.44. The third kappa shape index (κ3) is 3.34. The first-order chi connectivity index (χ1) is 14.6. The second kappa shape index (κ2) is 8.14. The van der Waals surface area contributed by atoms with Crippen LogP contribution in [0.1, 0.15) is 12.5 Å². The molecule has 4 aromatic rings. The minimum atomic E-state index is 0.264. The number of aryl methyl sites for hydroxylation is 2. The highest BCUT2D eigenvalue weighted by Gasteiger charge is 2.25. The van der Waals surface area contributed by atoms with E-state index in [9.17, 15) is 0 Å². The molecule has 1 unspecified atom stereocenters. The summed E-state index contributed by atoms with van der Waals surface area (Å²) in [6, 6.07) is 4.47. The van der Waals surface area contributed by atoms with Crippen LogP contribution in [-0.2, 0) is 11.8 Å². The van der Waals surface area contributed by atoms with Gasteiger partial charge < -0.3 is 9.64 Å². The molecule has 1 fully saturated rings. The summed E-state index contributed by atoms with van der Waals surface area (Å²) >= 11 is 3.83. The quantitative estimate of drug-likeness (QED) is 0.278. The Kier molecular flexibility index (Phi) is 5.51. The van der Waals surface area contributed by atoms with Crippen molar-refractivity contribution in [2.75, 3.05) is 24.7 Å². The molecule has 0 bridgehead atoms. The van der Waals surface area contributed by atoms with Gasteiger partial charge in [0.05, 0.1) is 47.9 Å². The Labute approximate surface area is 193 Å². The van der Waals surface area contributed by atoms with Gasteiger partial charge in [-0.2, -0.15) is 14.6 Å². The lowest BCUT2D eigenvalue weighted by Gasteiger charge is -2.34. The molecule has 1 aliphatic heterocycles. The summed E-state index contributed by atoms with van der Waals surface area (Å²) in [4.78, 5) is 7.45. The Morgan fingerprint density at radius 2 is 2.20 bits per heavy atom. The van der Waals surface area contributed by atoms with Gasteiger partial charge in [-0.05, 0) is 65.1 Å². The van der Waals surface area contributed by atoms with Crippen molar-refractivity contribution in [2.24, 2.45) is 7.05 Å². The van der Waals surface area contributed by atoms with E-state index >= 15 is 0 Å². The minimum Gasteiger partial charge on any atom is -0.377 e. The van der Waals surface area contributed by atoms with Crippen molar-refractivity contribution in [2.45, 2.75) is 19.9 Å². The summed E-state index contributed by atoms with van der Waals surface area (Å²) in [7, 11) is 1.99. The third-order valence-electron chi connectivity index (χ3n) is 5.42. The average molecular weight is 553 g/mol. The summed E-state index contributed by atoms with van der Waals surface area (Å²) in [5, 5.41) is 8.91. The number of fused-ring (bicyclic) bond motifs is 1. The van der Waals surface area contributed by atoms with Gasteiger partial charge in [-0.25, -0.2) is 9.44 Å². The molecule has 1 saturated heterocycles. The molecule has 0 amide bonds. The van der Waals surface area contributed by atoms with E-state index < -0.39 is 0 Å². The first kappa shape index (κ1) is 20.3. The molecule has 156 valence electrons. The van der Waals surface area contributed by atoms with Crippen LogP contribution in [0.2, 0.25) is 0 Å². The molecule has 0 aromatic carbocycles. The van der Waals surface area contributed by atoms with Crippen molar-refractivity contribution in [3.8, 4) is 22.6 Å². The Morgan fingerprint density at radius 3 is 2.93 bits per heavy atom. The van der Waals surface area contributed by atoms with Crippen LogP contribution in [0.5, 0.6) is 0 Å². The number of aromatic nitrogens is 6. The van der Waals surface area contributed by atoms with Gasteiger partial charge in [0.15, 0.2) is 0 Å². The second-order valence-corrected chi connectivity index (χ2v) is 10.2. The Hall–Kier alpha value is -1.62. The van der Waals surface area contributed by atoms with Crippen molar-refractivity contribution in [3.63, 3.8) is 0 Å². The molecule has 1 aliphatic rings. The van der Waals surface area contributed by atoms with Crippen LogP contribution in [-0.4, -0.2) is 54.5 Å². The maximum absolute atomic E-state index is 5.65. The molecule has 0 N–H and O–H groups in total. The number of hydrogen-bond acceptors (Lipinski definition) is 7. The van der Waals surface area contributed by atoms with Gasteiger partial charge in [-0.1, -0.05) is 0 Å². The van der Waals surface area contributed by atoms with Gasteiger partial charge >= 0.3 is 0 Å². The number of ether oxygens (including phenoxy) is 1. The van der Waals surface area contributed by atoms with Crippen molar-refractivity contribution in [1.29, 1.82) is 0 Å².